The van der Waals surface area contributed by atoms with Crippen LogP contribution in [0, 0.1) is 6.92 Å². The van der Waals surface area contributed by atoms with Gasteiger partial charge in [0, 0.05) is 10.2 Å². The second-order valence-corrected chi connectivity index (χ2v) is 3.63. The highest BCUT2D eigenvalue weighted by Gasteiger charge is 2.00. The number of halogens is 1. The summed E-state index contributed by atoms with van der Waals surface area (Å²) in [6.07, 6.45) is 1.95. The van der Waals surface area contributed by atoms with Crippen molar-refractivity contribution in [3.63, 3.8) is 0 Å². The molecule has 0 bridgehead atoms. The zero-order valence-corrected chi connectivity index (χ0v) is 8.76. The zero-order chi connectivity index (χ0) is 8.97. The number of nitrogens with zero attached hydrogens (tertiary/aromatic N) is 1. The molecule has 0 aliphatic rings. The molecule has 1 aromatic heterocycles. The predicted molar refractivity (Wildman–Crippen MR) is 54.0 cm³/mol. The van der Waals surface area contributed by atoms with Crippen molar-refractivity contribution in [1.29, 1.82) is 0 Å². The van der Waals surface area contributed by atoms with Crippen LogP contribution in [0.1, 0.15) is 17.8 Å². The van der Waals surface area contributed by atoms with Gasteiger partial charge in [-0.3, -0.25) is 4.98 Å². The molecule has 1 heterocycles. The Labute approximate surface area is 81.3 Å². The summed E-state index contributed by atoms with van der Waals surface area (Å²) in [4.78, 5) is 4.41. The lowest BCUT2D eigenvalue weighted by molar-refractivity contribution is 0.802. The van der Waals surface area contributed by atoms with Gasteiger partial charge in [0.1, 0.15) is 0 Å². The lowest BCUT2D eigenvalue weighted by Crippen LogP contribution is -2.02. The van der Waals surface area contributed by atoms with Gasteiger partial charge in [0.2, 0.25) is 0 Å². The molecular weight excluding hydrogens is 216 g/mol. The maximum atomic E-state index is 5.42. The van der Waals surface area contributed by atoms with E-state index >= 15 is 0 Å². The molecule has 0 fully saturated rings. The van der Waals surface area contributed by atoms with E-state index in [4.69, 9.17) is 5.73 Å². The van der Waals surface area contributed by atoms with E-state index in [-0.39, 0.29) is 0 Å². The number of hydrogen-bond donors (Lipinski definition) is 1. The summed E-state index contributed by atoms with van der Waals surface area (Å²) in [7, 11) is 0. The summed E-state index contributed by atoms with van der Waals surface area (Å²) in [5.74, 6) is 0. The van der Waals surface area contributed by atoms with E-state index in [1.54, 1.807) is 0 Å². The van der Waals surface area contributed by atoms with Crippen LogP contribution < -0.4 is 5.73 Å². The monoisotopic (exact) mass is 228 g/mol. The van der Waals surface area contributed by atoms with E-state index in [9.17, 15) is 0 Å². The van der Waals surface area contributed by atoms with Crippen LogP contribution in [0.15, 0.2) is 16.6 Å². The molecule has 66 valence electrons. The van der Waals surface area contributed by atoms with Crippen LogP contribution in [0.5, 0.6) is 0 Å². The van der Waals surface area contributed by atoms with Crippen molar-refractivity contribution < 1.29 is 0 Å². The van der Waals surface area contributed by atoms with Crippen molar-refractivity contribution in [1.82, 2.24) is 4.98 Å². The Hall–Kier alpha value is -0.410. The SMILES string of the molecule is Cc1ccc(Br)c(CCCN)n1. The van der Waals surface area contributed by atoms with Crippen molar-refractivity contribution in [3.8, 4) is 0 Å². The molecule has 0 unspecified atom stereocenters. The van der Waals surface area contributed by atoms with Gasteiger partial charge in [-0.1, -0.05) is 0 Å². The Morgan fingerprint density at radius 3 is 2.92 bits per heavy atom. The van der Waals surface area contributed by atoms with E-state index < -0.39 is 0 Å². The standard InChI is InChI=1S/C9H13BrN2/c1-7-4-5-8(10)9(12-7)3-2-6-11/h4-5H,2-3,6,11H2,1H3. The van der Waals surface area contributed by atoms with Gasteiger partial charge in [0.25, 0.3) is 0 Å². The first-order chi connectivity index (χ1) is 5.74. The number of hydrogen-bond acceptors (Lipinski definition) is 2. The minimum Gasteiger partial charge on any atom is -0.330 e. The van der Waals surface area contributed by atoms with Gasteiger partial charge in [0.15, 0.2) is 0 Å². The quantitative estimate of drug-likeness (QED) is 0.861. The van der Waals surface area contributed by atoms with Crippen LogP contribution >= 0.6 is 15.9 Å². The average Bonchev–Trinajstić information content (AvgIpc) is 2.07. The van der Waals surface area contributed by atoms with Crippen molar-refractivity contribution in [2.24, 2.45) is 5.73 Å². The van der Waals surface area contributed by atoms with Gasteiger partial charge >= 0.3 is 0 Å². The van der Waals surface area contributed by atoms with Crippen LogP contribution in [0.2, 0.25) is 0 Å². The maximum absolute atomic E-state index is 5.42. The van der Waals surface area contributed by atoms with Gasteiger partial charge in [0.05, 0.1) is 5.69 Å². The third-order valence-corrected chi connectivity index (χ3v) is 2.40. The molecule has 2 nitrogen and oxygen atoms in total. The first-order valence-electron chi connectivity index (χ1n) is 4.06. The van der Waals surface area contributed by atoms with E-state index in [1.165, 1.54) is 0 Å². The molecule has 0 aliphatic carbocycles. The molecule has 12 heavy (non-hydrogen) atoms. The van der Waals surface area contributed by atoms with E-state index in [1.807, 2.05) is 19.1 Å². The molecule has 2 N–H and O–H groups in total. The minimum atomic E-state index is 0.724. The smallest absolute Gasteiger partial charge is 0.0549 e. The zero-order valence-electron chi connectivity index (χ0n) is 7.18. The first-order valence-corrected chi connectivity index (χ1v) is 4.85. The fraction of sp³-hybridized carbons (Fsp3) is 0.444. The molecule has 1 rings (SSSR count). The van der Waals surface area contributed by atoms with Crippen LogP contribution in [0.3, 0.4) is 0 Å². The van der Waals surface area contributed by atoms with E-state index in [0.29, 0.717) is 0 Å². The molecule has 0 saturated heterocycles. The molecule has 3 heteroatoms. The highest BCUT2D eigenvalue weighted by molar-refractivity contribution is 9.10. The lowest BCUT2D eigenvalue weighted by atomic mass is 10.2. The summed E-state index contributed by atoms with van der Waals surface area (Å²) in [5.41, 5.74) is 7.59. The van der Waals surface area contributed by atoms with Gasteiger partial charge in [-0.25, -0.2) is 0 Å². The normalized spacial score (nSPS) is 10.2. The van der Waals surface area contributed by atoms with Crippen LogP contribution in [-0.4, -0.2) is 11.5 Å². The topological polar surface area (TPSA) is 38.9 Å². The highest BCUT2D eigenvalue weighted by atomic mass is 79.9. The molecule has 0 atom stereocenters. The highest BCUT2D eigenvalue weighted by Crippen LogP contribution is 2.15. The molecule has 0 aliphatic heterocycles. The number of pyridine rings is 1. The third-order valence-electron chi connectivity index (χ3n) is 1.68. The van der Waals surface area contributed by atoms with Crippen molar-refractivity contribution in [3.05, 3.63) is 28.0 Å². The van der Waals surface area contributed by atoms with E-state index in [0.717, 1.165) is 35.2 Å². The summed E-state index contributed by atoms with van der Waals surface area (Å²) in [6, 6.07) is 4.03. The van der Waals surface area contributed by atoms with Gasteiger partial charge < -0.3 is 5.73 Å². The molecule has 0 aromatic carbocycles. The second kappa shape index (κ2) is 4.58. The molecular formula is C9H13BrN2. The first kappa shape index (κ1) is 9.68. The number of nitrogens with two attached hydrogens (primary N) is 1. The molecule has 0 spiro atoms. The van der Waals surface area contributed by atoms with Crippen LogP contribution in [0.4, 0.5) is 0 Å². The summed E-state index contributed by atoms with van der Waals surface area (Å²) in [5, 5.41) is 0. The Bertz CT molecular complexity index is 261. The number of rotatable bonds is 3. The fourth-order valence-corrected chi connectivity index (χ4v) is 1.46. The third kappa shape index (κ3) is 2.57. The second-order valence-electron chi connectivity index (χ2n) is 2.77. The molecule has 1 aromatic rings. The van der Waals surface area contributed by atoms with Crippen molar-refractivity contribution >= 4 is 15.9 Å². The summed E-state index contributed by atoms with van der Waals surface area (Å²) in [6.45, 7) is 2.72. The lowest BCUT2D eigenvalue weighted by Gasteiger charge is -2.02. The van der Waals surface area contributed by atoms with Crippen molar-refractivity contribution in [2.45, 2.75) is 19.8 Å². The molecule has 0 radical (unpaired) electrons. The minimum absolute atomic E-state index is 0.724. The van der Waals surface area contributed by atoms with Crippen LogP contribution in [0.25, 0.3) is 0 Å². The Morgan fingerprint density at radius 2 is 2.25 bits per heavy atom. The molecule has 0 amide bonds. The predicted octanol–water partition coefficient (Wildman–Crippen LogP) is 2.04. The Kier molecular flexibility index (Phi) is 3.69. The largest absolute Gasteiger partial charge is 0.330 e. The summed E-state index contributed by atoms with van der Waals surface area (Å²) >= 11 is 3.46. The Balaban J connectivity index is 2.75. The van der Waals surface area contributed by atoms with Gasteiger partial charge in [-0.2, -0.15) is 0 Å². The van der Waals surface area contributed by atoms with Crippen LogP contribution in [-0.2, 0) is 6.42 Å². The van der Waals surface area contributed by atoms with Crippen molar-refractivity contribution in [2.75, 3.05) is 6.54 Å². The average molecular weight is 229 g/mol. The number of aryl methyl sites for hydroxylation is 2. The maximum Gasteiger partial charge on any atom is 0.0549 e. The van der Waals surface area contributed by atoms with E-state index in [2.05, 4.69) is 20.9 Å². The molecule has 0 saturated carbocycles. The van der Waals surface area contributed by atoms with Gasteiger partial charge in [-0.05, 0) is 54.4 Å². The fourth-order valence-electron chi connectivity index (χ4n) is 1.04. The Morgan fingerprint density at radius 1 is 1.50 bits per heavy atom. The summed E-state index contributed by atoms with van der Waals surface area (Å²) < 4.78 is 1.08. The number of aromatic nitrogens is 1. The van der Waals surface area contributed by atoms with Gasteiger partial charge in [-0.15, -0.1) is 0 Å².